The first-order chi connectivity index (χ1) is 17.4. The van der Waals surface area contributed by atoms with Crippen molar-refractivity contribution in [2.75, 3.05) is 26.2 Å². The van der Waals surface area contributed by atoms with Crippen LogP contribution < -0.4 is 4.74 Å². The van der Waals surface area contributed by atoms with Crippen molar-refractivity contribution in [1.29, 1.82) is 0 Å². The molecule has 0 N–H and O–H groups in total. The van der Waals surface area contributed by atoms with Crippen molar-refractivity contribution in [3.05, 3.63) is 87.4 Å². The third kappa shape index (κ3) is 5.95. The fourth-order valence-corrected chi connectivity index (χ4v) is 5.48. The van der Waals surface area contributed by atoms with Gasteiger partial charge in [0.2, 0.25) is 5.91 Å². The number of hydrogen-bond donors (Lipinski definition) is 0. The fourth-order valence-electron chi connectivity index (χ4n) is 4.55. The summed E-state index contributed by atoms with van der Waals surface area (Å²) in [5.41, 5.74) is 2.74. The maximum absolute atomic E-state index is 13.6. The van der Waals surface area contributed by atoms with Crippen LogP contribution >= 0.6 is 11.3 Å². The second-order valence-electron chi connectivity index (χ2n) is 9.42. The Bertz CT molecular complexity index is 1170. The van der Waals surface area contributed by atoms with Gasteiger partial charge in [0.25, 0.3) is 5.91 Å². The Kier molecular flexibility index (Phi) is 8.41. The average Bonchev–Trinajstić information content (AvgIpc) is 3.36. The minimum Gasteiger partial charge on any atom is -0.491 e. The zero-order valence-corrected chi connectivity index (χ0v) is 21.9. The molecule has 0 saturated carbocycles. The van der Waals surface area contributed by atoms with Gasteiger partial charge < -0.3 is 14.5 Å². The molecular formula is C29H33FN2O3S. The van der Waals surface area contributed by atoms with E-state index in [1.165, 1.54) is 34.7 Å². The Morgan fingerprint density at radius 2 is 1.83 bits per heavy atom. The van der Waals surface area contributed by atoms with Crippen LogP contribution in [0, 0.1) is 5.82 Å². The number of benzene rings is 2. The summed E-state index contributed by atoms with van der Waals surface area (Å²) in [6, 6.07) is 15.4. The van der Waals surface area contributed by atoms with Crippen molar-refractivity contribution in [3.8, 4) is 5.75 Å². The third-order valence-electron chi connectivity index (χ3n) is 6.57. The quantitative estimate of drug-likeness (QED) is 0.353. The van der Waals surface area contributed by atoms with E-state index in [-0.39, 0.29) is 24.4 Å². The van der Waals surface area contributed by atoms with Gasteiger partial charge in [-0.3, -0.25) is 9.59 Å². The van der Waals surface area contributed by atoms with E-state index in [1.807, 2.05) is 24.0 Å². The monoisotopic (exact) mass is 508 g/mol. The number of carbonyl (C=O) groups is 2. The Morgan fingerprint density at radius 3 is 2.50 bits per heavy atom. The predicted molar refractivity (Wildman–Crippen MR) is 141 cm³/mol. The molecule has 0 fully saturated rings. The molecule has 4 rings (SSSR count). The molecule has 2 amide bonds. The lowest BCUT2D eigenvalue weighted by Crippen LogP contribution is -2.48. The summed E-state index contributed by atoms with van der Waals surface area (Å²) in [5, 5.41) is 2.06. The number of hydrogen-bond acceptors (Lipinski definition) is 4. The predicted octanol–water partition coefficient (Wildman–Crippen LogP) is 6.07. The van der Waals surface area contributed by atoms with Crippen LogP contribution in [0.15, 0.2) is 60.0 Å². The molecule has 1 aliphatic rings. The SMILES string of the molecule is CCCN(CC(=O)N1CCc2sccc2[C@@H]1COc1ccc(C(C)C)cc1)C(=O)c1ccc(F)cc1. The van der Waals surface area contributed by atoms with Gasteiger partial charge in [-0.1, -0.05) is 32.9 Å². The van der Waals surface area contributed by atoms with E-state index >= 15 is 0 Å². The van der Waals surface area contributed by atoms with Gasteiger partial charge in [0, 0.05) is 23.5 Å². The molecule has 1 atom stereocenters. The van der Waals surface area contributed by atoms with E-state index in [4.69, 9.17) is 4.74 Å². The summed E-state index contributed by atoms with van der Waals surface area (Å²) >= 11 is 1.71. The molecule has 0 aliphatic carbocycles. The van der Waals surface area contributed by atoms with Crippen molar-refractivity contribution in [1.82, 2.24) is 9.80 Å². The van der Waals surface area contributed by atoms with E-state index in [9.17, 15) is 14.0 Å². The standard InChI is InChI=1S/C29H33FN2O3S/c1-4-15-31(29(34)22-5-9-23(30)10-6-22)18-28(33)32-16-13-27-25(14-17-36-27)26(32)19-35-24-11-7-21(8-12-24)20(2)3/h5-12,14,17,20,26H,4,13,15-16,18-19H2,1-3H3/t26-/m0/s1. The van der Waals surface area contributed by atoms with Gasteiger partial charge in [-0.05, 0) is 77.7 Å². The summed E-state index contributed by atoms with van der Waals surface area (Å²) in [4.78, 5) is 31.3. The van der Waals surface area contributed by atoms with Gasteiger partial charge in [-0.2, -0.15) is 0 Å². The van der Waals surface area contributed by atoms with E-state index in [0.717, 1.165) is 17.7 Å². The van der Waals surface area contributed by atoms with Crippen LogP contribution in [0.3, 0.4) is 0 Å². The van der Waals surface area contributed by atoms with Crippen LogP contribution in [0.5, 0.6) is 5.75 Å². The summed E-state index contributed by atoms with van der Waals surface area (Å²) in [6.45, 7) is 7.62. The Balaban J connectivity index is 1.50. The highest BCUT2D eigenvalue weighted by Gasteiger charge is 2.33. The van der Waals surface area contributed by atoms with E-state index < -0.39 is 5.82 Å². The van der Waals surface area contributed by atoms with Crippen molar-refractivity contribution in [2.24, 2.45) is 0 Å². The summed E-state index contributed by atoms with van der Waals surface area (Å²) < 4.78 is 19.5. The maximum Gasteiger partial charge on any atom is 0.254 e. The van der Waals surface area contributed by atoms with Crippen molar-refractivity contribution < 1.29 is 18.7 Å². The van der Waals surface area contributed by atoms with E-state index in [0.29, 0.717) is 37.6 Å². The molecule has 5 nitrogen and oxygen atoms in total. The highest BCUT2D eigenvalue weighted by atomic mass is 32.1. The summed E-state index contributed by atoms with van der Waals surface area (Å²) in [6.07, 6.45) is 1.51. The van der Waals surface area contributed by atoms with Crippen LogP contribution in [0.25, 0.3) is 0 Å². The molecule has 0 radical (unpaired) electrons. The number of halogens is 1. The Labute approximate surface area is 216 Å². The average molecular weight is 509 g/mol. The van der Waals surface area contributed by atoms with Crippen LogP contribution in [-0.2, 0) is 11.2 Å². The number of rotatable bonds is 9. The molecule has 190 valence electrons. The molecule has 2 heterocycles. The van der Waals surface area contributed by atoms with Gasteiger partial charge >= 0.3 is 0 Å². The molecule has 1 aliphatic heterocycles. The molecule has 0 unspecified atom stereocenters. The molecule has 0 saturated heterocycles. The van der Waals surface area contributed by atoms with Crippen molar-refractivity contribution >= 4 is 23.2 Å². The second kappa shape index (κ2) is 11.7. The lowest BCUT2D eigenvalue weighted by Gasteiger charge is -2.37. The van der Waals surface area contributed by atoms with Crippen molar-refractivity contribution in [3.63, 3.8) is 0 Å². The third-order valence-corrected chi connectivity index (χ3v) is 7.56. The number of thiophene rings is 1. The fraction of sp³-hybridized carbons (Fsp3) is 0.379. The normalized spacial score (nSPS) is 15.0. The zero-order valence-electron chi connectivity index (χ0n) is 21.1. The largest absolute Gasteiger partial charge is 0.491 e. The number of amides is 2. The summed E-state index contributed by atoms with van der Waals surface area (Å²) in [5.74, 6) is 0.443. The van der Waals surface area contributed by atoms with Gasteiger partial charge in [-0.15, -0.1) is 11.3 Å². The minimum absolute atomic E-state index is 0.0247. The molecule has 0 bridgehead atoms. The number of fused-ring (bicyclic) bond motifs is 1. The molecular weight excluding hydrogens is 475 g/mol. The summed E-state index contributed by atoms with van der Waals surface area (Å²) in [7, 11) is 0. The van der Waals surface area contributed by atoms with Crippen LogP contribution in [0.2, 0.25) is 0 Å². The van der Waals surface area contributed by atoms with Crippen molar-refractivity contribution in [2.45, 2.75) is 45.6 Å². The van der Waals surface area contributed by atoms with Crippen LogP contribution in [0.1, 0.15) is 65.5 Å². The first-order valence-electron chi connectivity index (χ1n) is 12.5. The lowest BCUT2D eigenvalue weighted by atomic mass is 10.00. The first kappa shape index (κ1) is 25.9. The maximum atomic E-state index is 13.6. The van der Waals surface area contributed by atoms with Gasteiger partial charge in [0.15, 0.2) is 0 Å². The number of nitrogens with zero attached hydrogens (tertiary/aromatic N) is 2. The highest BCUT2D eigenvalue weighted by molar-refractivity contribution is 7.10. The van der Waals surface area contributed by atoms with Gasteiger partial charge in [0.05, 0.1) is 6.04 Å². The smallest absolute Gasteiger partial charge is 0.254 e. The molecule has 1 aromatic heterocycles. The zero-order chi connectivity index (χ0) is 25.7. The molecule has 36 heavy (non-hydrogen) atoms. The van der Waals surface area contributed by atoms with E-state index in [1.54, 1.807) is 16.2 Å². The molecule has 3 aromatic rings. The van der Waals surface area contributed by atoms with Gasteiger partial charge in [0.1, 0.15) is 24.7 Å². The molecule has 7 heteroatoms. The van der Waals surface area contributed by atoms with E-state index in [2.05, 4.69) is 37.4 Å². The highest BCUT2D eigenvalue weighted by Crippen LogP contribution is 2.34. The minimum atomic E-state index is -0.397. The first-order valence-corrected chi connectivity index (χ1v) is 13.4. The number of carbonyl (C=O) groups excluding carboxylic acids is 2. The topological polar surface area (TPSA) is 49.9 Å². The molecule has 0 spiro atoms. The number of ether oxygens (including phenoxy) is 1. The van der Waals surface area contributed by atoms with Gasteiger partial charge in [-0.25, -0.2) is 4.39 Å². The van der Waals surface area contributed by atoms with Crippen LogP contribution in [-0.4, -0.2) is 47.9 Å². The molecule has 2 aromatic carbocycles. The van der Waals surface area contributed by atoms with Crippen LogP contribution in [0.4, 0.5) is 4.39 Å². The Morgan fingerprint density at radius 1 is 1.11 bits per heavy atom. The lowest BCUT2D eigenvalue weighted by molar-refractivity contribution is -0.135. The Hall–Kier alpha value is -3.19. The second-order valence-corrected chi connectivity index (χ2v) is 10.4.